The molecular weight excluding hydrogens is 435 g/mol. The van der Waals surface area contributed by atoms with Gasteiger partial charge in [-0.25, -0.2) is 9.18 Å². The zero-order valence-electron chi connectivity index (χ0n) is 15.3. The van der Waals surface area contributed by atoms with Crippen molar-refractivity contribution in [3.8, 4) is 0 Å². The van der Waals surface area contributed by atoms with Crippen LogP contribution >= 0.6 is 27.3 Å². The van der Waals surface area contributed by atoms with Crippen molar-refractivity contribution in [2.45, 2.75) is 38.8 Å². The highest BCUT2D eigenvalue weighted by molar-refractivity contribution is 9.10. The molecular formula is C19H22BrFN2O3S. The Bertz CT molecular complexity index is 787. The number of carbonyl (C=O) groups is 2. The molecule has 2 amide bonds. The number of ether oxygens (including phenoxy) is 1. The van der Waals surface area contributed by atoms with Gasteiger partial charge in [0.15, 0.2) is 0 Å². The number of hydrogen-bond donors (Lipinski definition) is 2. The molecule has 1 aromatic carbocycles. The van der Waals surface area contributed by atoms with Gasteiger partial charge in [0, 0.05) is 16.4 Å². The van der Waals surface area contributed by atoms with E-state index in [1.807, 2.05) is 5.38 Å². The summed E-state index contributed by atoms with van der Waals surface area (Å²) in [5.41, 5.74) is 0.239. The number of halogens is 2. The van der Waals surface area contributed by atoms with Crippen molar-refractivity contribution in [2.75, 3.05) is 6.54 Å². The van der Waals surface area contributed by atoms with Crippen LogP contribution in [0.15, 0.2) is 40.2 Å². The molecule has 0 aliphatic rings. The van der Waals surface area contributed by atoms with E-state index in [2.05, 4.69) is 26.6 Å². The molecule has 0 saturated heterocycles. The molecule has 0 saturated carbocycles. The highest BCUT2D eigenvalue weighted by Gasteiger charge is 2.20. The molecule has 8 heteroatoms. The maximum absolute atomic E-state index is 13.1. The van der Waals surface area contributed by atoms with Gasteiger partial charge in [0.25, 0.3) is 5.91 Å². The molecule has 27 heavy (non-hydrogen) atoms. The van der Waals surface area contributed by atoms with E-state index in [4.69, 9.17) is 4.74 Å². The van der Waals surface area contributed by atoms with Gasteiger partial charge in [0.2, 0.25) is 0 Å². The van der Waals surface area contributed by atoms with Crippen LogP contribution in [0.4, 0.5) is 9.18 Å². The van der Waals surface area contributed by atoms with Crippen molar-refractivity contribution < 1.29 is 18.7 Å². The SMILES string of the molecule is CC(C)(C)OC(=O)NC[C@H](Cc1ccc(F)cc1)NC(=O)c1cc(Br)cs1. The zero-order valence-corrected chi connectivity index (χ0v) is 17.7. The quantitative estimate of drug-likeness (QED) is 0.671. The van der Waals surface area contributed by atoms with Gasteiger partial charge in [-0.1, -0.05) is 12.1 Å². The number of carbonyl (C=O) groups excluding carboxylic acids is 2. The van der Waals surface area contributed by atoms with Crippen LogP contribution in [0, 0.1) is 5.82 Å². The number of nitrogens with one attached hydrogen (secondary N) is 2. The summed E-state index contributed by atoms with van der Waals surface area (Å²) in [4.78, 5) is 24.9. The Hall–Kier alpha value is -1.93. The monoisotopic (exact) mass is 456 g/mol. The lowest BCUT2D eigenvalue weighted by atomic mass is 10.1. The van der Waals surface area contributed by atoms with Crippen molar-refractivity contribution in [1.29, 1.82) is 0 Å². The second-order valence-corrected chi connectivity index (χ2v) is 8.84. The van der Waals surface area contributed by atoms with Gasteiger partial charge < -0.3 is 15.4 Å². The number of alkyl carbamates (subject to hydrolysis) is 1. The minimum absolute atomic E-state index is 0.185. The Balaban J connectivity index is 2.04. The lowest BCUT2D eigenvalue weighted by Gasteiger charge is -2.22. The van der Waals surface area contributed by atoms with Crippen molar-refractivity contribution in [3.63, 3.8) is 0 Å². The molecule has 0 aliphatic carbocycles. The van der Waals surface area contributed by atoms with E-state index in [-0.39, 0.29) is 24.3 Å². The van der Waals surface area contributed by atoms with Gasteiger partial charge in [-0.3, -0.25) is 4.79 Å². The van der Waals surface area contributed by atoms with Crippen LogP contribution < -0.4 is 10.6 Å². The molecule has 2 N–H and O–H groups in total. The third-order valence-electron chi connectivity index (χ3n) is 3.41. The lowest BCUT2D eigenvalue weighted by Crippen LogP contribution is -2.45. The highest BCUT2D eigenvalue weighted by Crippen LogP contribution is 2.19. The van der Waals surface area contributed by atoms with Crippen LogP contribution in [-0.4, -0.2) is 30.2 Å². The minimum atomic E-state index is -0.608. The number of benzene rings is 1. The maximum Gasteiger partial charge on any atom is 0.407 e. The topological polar surface area (TPSA) is 67.4 Å². The average molecular weight is 457 g/mol. The van der Waals surface area contributed by atoms with Crippen molar-refractivity contribution in [3.05, 3.63) is 56.4 Å². The number of hydrogen-bond acceptors (Lipinski definition) is 4. The third kappa shape index (κ3) is 7.68. The smallest absolute Gasteiger partial charge is 0.407 e. The molecule has 1 heterocycles. The molecule has 0 unspecified atom stereocenters. The van der Waals surface area contributed by atoms with Crippen LogP contribution in [0.1, 0.15) is 36.0 Å². The molecule has 0 fully saturated rings. The molecule has 5 nitrogen and oxygen atoms in total. The van der Waals surface area contributed by atoms with Crippen LogP contribution in [-0.2, 0) is 11.2 Å². The predicted molar refractivity (Wildman–Crippen MR) is 108 cm³/mol. The van der Waals surface area contributed by atoms with Crippen LogP contribution in [0.2, 0.25) is 0 Å². The third-order valence-corrected chi connectivity index (χ3v) is 5.10. The van der Waals surface area contributed by atoms with Gasteiger partial charge >= 0.3 is 6.09 Å². The number of amides is 2. The van der Waals surface area contributed by atoms with Gasteiger partial charge in [-0.2, -0.15) is 0 Å². The maximum atomic E-state index is 13.1. The Morgan fingerprint density at radius 1 is 1.26 bits per heavy atom. The number of rotatable bonds is 6. The van der Waals surface area contributed by atoms with E-state index in [0.717, 1.165) is 10.0 Å². The molecule has 0 aliphatic heterocycles. The predicted octanol–water partition coefficient (Wildman–Crippen LogP) is 4.52. The first kappa shape index (κ1) is 21.4. The summed E-state index contributed by atoms with van der Waals surface area (Å²) in [6.07, 6.45) is -0.117. The summed E-state index contributed by atoms with van der Waals surface area (Å²) in [6.45, 7) is 5.52. The molecule has 1 atom stereocenters. The second-order valence-electron chi connectivity index (χ2n) is 7.01. The van der Waals surface area contributed by atoms with E-state index < -0.39 is 11.7 Å². The Kier molecular flexibility index (Phi) is 7.38. The molecule has 0 bridgehead atoms. The van der Waals surface area contributed by atoms with E-state index in [0.29, 0.717) is 11.3 Å². The molecule has 2 rings (SSSR count). The first-order chi connectivity index (χ1) is 12.6. The van der Waals surface area contributed by atoms with Crippen molar-refractivity contribution in [2.24, 2.45) is 0 Å². The molecule has 0 spiro atoms. The Labute approximate surface area is 170 Å². The van der Waals surface area contributed by atoms with Crippen LogP contribution in [0.3, 0.4) is 0 Å². The Morgan fingerprint density at radius 3 is 2.48 bits per heavy atom. The van der Waals surface area contributed by atoms with Crippen LogP contribution in [0.5, 0.6) is 0 Å². The van der Waals surface area contributed by atoms with Crippen LogP contribution in [0.25, 0.3) is 0 Å². The van der Waals surface area contributed by atoms with E-state index in [1.165, 1.54) is 23.5 Å². The minimum Gasteiger partial charge on any atom is -0.444 e. The molecule has 1 aromatic heterocycles. The summed E-state index contributed by atoms with van der Waals surface area (Å²) < 4.78 is 19.2. The number of thiophene rings is 1. The second kappa shape index (κ2) is 9.32. The summed E-state index contributed by atoms with van der Waals surface area (Å²) in [5.74, 6) is -0.557. The molecule has 0 radical (unpaired) electrons. The van der Waals surface area contributed by atoms with E-state index in [9.17, 15) is 14.0 Å². The Morgan fingerprint density at radius 2 is 1.93 bits per heavy atom. The normalized spacial score (nSPS) is 12.3. The van der Waals surface area contributed by atoms with Crippen molar-refractivity contribution in [1.82, 2.24) is 10.6 Å². The zero-order chi connectivity index (χ0) is 20.0. The first-order valence-electron chi connectivity index (χ1n) is 8.38. The first-order valence-corrected chi connectivity index (χ1v) is 10.1. The summed E-state index contributed by atoms with van der Waals surface area (Å²) >= 11 is 4.65. The average Bonchev–Trinajstić information content (AvgIpc) is 3.00. The van der Waals surface area contributed by atoms with E-state index >= 15 is 0 Å². The summed E-state index contributed by atoms with van der Waals surface area (Å²) in [7, 11) is 0. The summed E-state index contributed by atoms with van der Waals surface area (Å²) in [6, 6.07) is 7.40. The van der Waals surface area contributed by atoms with Gasteiger partial charge in [-0.15, -0.1) is 11.3 Å². The lowest BCUT2D eigenvalue weighted by molar-refractivity contribution is 0.0520. The largest absolute Gasteiger partial charge is 0.444 e. The molecule has 146 valence electrons. The fraction of sp³-hybridized carbons (Fsp3) is 0.368. The highest BCUT2D eigenvalue weighted by atomic mass is 79.9. The van der Waals surface area contributed by atoms with Crippen molar-refractivity contribution >= 4 is 39.3 Å². The van der Waals surface area contributed by atoms with E-state index in [1.54, 1.807) is 39.0 Å². The van der Waals surface area contributed by atoms with Gasteiger partial charge in [-0.05, 0) is 66.9 Å². The fourth-order valence-corrected chi connectivity index (χ4v) is 3.62. The van der Waals surface area contributed by atoms with Gasteiger partial charge in [0.1, 0.15) is 11.4 Å². The molecule has 2 aromatic rings. The standard InChI is InChI=1S/C19H22BrFN2O3S/c1-19(2,3)26-18(25)22-10-15(8-12-4-6-14(21)7-5-12)23-17(24)16-9-13(20)11-27-16/h4-7,9,11,15H,8,10H2,1-3H3,(H,22,25)(H,23,24)/t15-/m0/s1. The fourth-order valence-electron chi connectivity index (χ4n) is 2.29. The van der Waals surface area contributed by atoms with Gasteiger partial charge in [0.05, 0.1) is 10.9 Å². The summed E-state index contributed by atoms with van der Waals surface area (Å²) in [5, 5.41) is 7.41.